The third-order valence-electron chi connectivity index (χ3n) is 3.34. The topological polar surface area (TPSA) is 85.0 Å². The van der Waals surface area contributed by atoms with E-state index in [2.05, 4.69) is 34.8 Å². The molecule has 1 aromatic carbocycles. The van der Waals surface area contributed by atoms with Crippen LogP contribution < -0.4 is 16.4 Å². The van der Waals surface area contributed by atoms with Gasteiger partial charge in [-0.1, -0.05) is 25.5 Å². The van der Waals surface area contributed by atoms with Crippen LogP contribution >= 0.6 is 12.2 Å². The minimum absolute atomic E-state index is 0.159. The van der Waals surface area contributed by atoms with E-state index < -0.39 is 5.91 Å². The zero-order valence-corrected chi connectivity index (χ0v) is 14.1. The van der Waals surface area contributed by atoms with Gasteiger partial charge < -0.3 is 16.4 Å². The molecule has 0 fully saturated rings. The Hall–Kier alpha value is -2.41. The van der Waals surface area contributed by atoms with Gasteiger partial charge in [-0.2, -0.15) is 5.10 Å². The maximum Gasteiger partial charge on any atom is 0.271 e. The molecule has 1 amide bonds. The number of aromatic nitrogens is 2. The number of primary amides is 1. The van der Waals surface area contributed by atoms with Gasteiger partial charge in [0.15, 0.2) is 10.8 Å². The van der Waals surface area contributed by atoms with Gasteiger partial charge in [-0.3, -0.25) is 9.48 Å². The standard InChI is InChI=1S/C16H21N5OS/c1-3-4-5-11-6-8-12(9-7-11)18-16(23)19-13-10-21(2)20-14(13)15(17)22/h6-10H,3-5H2,1-2H3,(H2,17,22)(H2,18,19,23). The molecule has 2 rings (SSSR count). The van der Waals surface area contributed by atoms with Crippen LogP contribution in [0.15, 0.2) is 30.5 Å². The van der Waals surface area contributed by atoms with Crippen molar-refractivity contribution in [3.63, 3.8) is 0 Å². The van der Waals surface area contributed by atoms with Gasteiger partial charge in [0.2, 0.25) is 0 Å². The van der Waals surface area contributed by atoms with Crippen LogP contribution in [0.1, 0.15) is 35.8 Å². The zero-order valence-electron chi connectivity index (χ0n) is 13.3. The van der Waals surface area contributed by atoms with Crippen molar-refractivity contribution in [2.75, 3.05) is 10.6 Å². The third-order valence-corrected chi connectivity index (χ3v) is 3.55. The minimum Gasteiger partial charge on any atom is -0.364 e. The molecule has 1 aromatic heterocycles. The lowest BCUT2D eigenvalue weighted by Gasteiger charge is -2.10. The van der Waals surface area contributed by atoms with E-state index in [-0.39, 0.29) is 5.69 Å². The highest BCUT2D eigenvalue weighted by atomic mass is 32.1. The van der Waals surface area contributed by atoms with Crippen LogP contribution in [0.4, 0.5) is 11.4 Å². The van der Waals surface area contributed by atoms with Crippen LogP contribution in [0.3, 0.4) is 0 Å². The average molecular weight is 331 g/mol. The molecule has 0 atom stereocenters. The average Bonchev–Trinajstić information content (AvgIpc) is 2.87. The molecule has 0 aliphatic rings. The van der Waals surface area contributed by atoms with Gasteiger partial charge in [-0.05, 0) is 42.8 Å². The summed E-state index contributed by atoms with van der Waals surface area (Å²) in [5.74, 6) is -0.601. The molecule has 0 spiro atoms. The zero-order chi connectivity index (χ0) is 16.8. The van der Waals surface area contributed by atoms with Crippen LogP contribution in [0.5, 0.6) is 0 Å². The molecule has 23 heavy (non-hydrogen) atoms. The summed E-state index contributed by atoms with van der Waals surface area (Å²) in [5, 5.41) is 10.4. The molecule has 0 bridgehead atoms. The Morgan fingerprint density at radius 3 is 2.61 bits per heavy atom. The van der Waals surface area contributed by atoms with Gasteiger partial charge in [-0.15, -0.1) is 0 Å². The summed E-state index contributed by atoms with van der Waals surface area (Å²) in [6.45, 7) is 2.18. The van der Waals surface area contributed by atoms with Gasteiger partial charge in [0.1, 0.15) is 0 Å². The number of nitrogens with one attached hydrogen (secondary N) is 2. The summed E-state index contributed by atoms with van der Waals surface area (Å²) in [6.07, 6.45) is 5.10. The van der Waals surface area contributed by atoms with E-state index in [1.165, 1.54) is 23.1 Å². The van der Waals surface area contributed by atoms with Crippen molar-refractivity contribution < 1.29 is 4.79 Å². The summed E-state index contributed by atoms with van der Waals surface area (Å²) in [6, 6.07) is 8.13. The number of hydrogen-bond donors (Lipinski definition) is 3. The van der Waals surface area contributed by atoms with E-state index in [4.69, 9.17) is 18.0 Å². The monoisotopic (exact) mass is 331 g/mol. The molecule has 7 heteroatoms. The Kier molecular flexibility index (Phi) is 5.70. The summed E-state index contributed by atoms with van der Waals surface area (Å²) in [4.78, 5) is 11.3. The van der Waals surface area contributed by atoms with Crippen molar-refractivity contribution in [1.82, 2.24) is 9.78 Å². The van der Waals surface area contributed by atoms with Crippen LogP contribution in [-0.4, -0.2) is 20.8 Å². The molecule has 0 aliphatic carbocycles. The highest BCUT2D eigenvalue weighted by Gasteiger charge is 2.14. The van der Waals surface area contributed by atoms with Gasteiger partial charge in [-0.25, -0.2) is 0 Å². The number of rotatable bonds is 6. The first kappa shape index (κ1) is 17.0. The lowest BCUT2D eigenvalue weighted by Crippen LogP contribution is -2.21. The molecule has 4 N–H and O–H groups in total. The summed E-state index contributed by atoms with van der Waals surface area (Å²) in [5.41, 5.74) is 8.12. The second-order valence-corrected chi connectivity index (χ2v) is 5.72. The number of hydrogen-bond acceptors (Lipinski definition) is 3. The van der Waals surface area contributed by atoms with Gasteiger partial charge in [0.05, 0.1) is 5.69 Å². The quantitative estimate of drug-likeness (QED) is 0.709. The molecule has 0 saturated heterocycles. The summed E-state index contributed by atoms with van der Waals surface area (Å²) < 4.78 is 1.51. The van der Waals surface area contributed by atoms with E-state index >= 15 is 0 Å². The van der Waals surface area contributed by atoms with Crippen molar-refractivity contribution in [2.24, 2.45) is 12.8 Å². The predicted molar refractivity (Wildman–Crippen MR) is 96.6 cm³/mol. The van der Waals surface area contributed by atoms with E-state index in [9.17, 15) is 4.79 Å². The Bertz CT molecular complexity index is 693. The largest absolute Gasteiger partial charge is 0.364 e. The Morgan fingerprint density at radius 2 is 2.00 bits per heavy atom. The van der Waals surface area contributed by atoms with Crippen LogP contribution in [-0.2, 0) is 13.5 Å². The van der Waals surface area contributed by atoms with Crippen LogP contribution in [0.25, 0.3) is 0 Å². The molecule has 122 valence electrons. The molecule has 2 aromatic rings. The van der Waals surface area contributed by atoms with Crippen molar-refractivity contribution in [3.8, 4) is 0 Å². The molecule has 1 heterocycles. The molecule has 0 aliphatic heterocycles. The number of anilines is 2. The van der Waals surface area contributed by atoms with Crippen molar-refractivity contribution in [3.05, 3.63) is 41.7 Å². The smallest absolute Gasteiger partial charge is 0.271 e. The first-order chi connectivity index (χ1) is 11.0. The molecular weight excluding hydrogens is 310 g/mol. The fourth-order valence-electron chi connectivity index (χ4n) is 2.18. The second-order valence-electron chi connectivity index (χ2n) is 5.31. The molecular formula is C16H21N5OS. The van der Waals surface area contributed by atoms with E-state index in [1.54, 1.807) is 13.2 Å². The number of benzene rings is 1. The maximum absolute atomic E-state index is 11.3. The highest BCUT2D eigenvalue weighted by molar-refractivity contribution is 7.80. The fraction of sp³-hybridized carbons (Fsp3) is 0.312. The molecule has 0 unspecified atom stereocenters. The van der Waals surface area contributed by atoms with E-state index in [0.717, 1.165) is 12.1 Å². The van der Waals surface area contributed by atoms with Crippen LogP contribution in [0, 0.1) is 0 Å². The molecule has 6 nitrogen and oxygen atoms in total. The number of thiocarbonyl (C=S) groups is 1. The minimum atomic E-state index is -0.601. The van der Waals surface area contributed by atoms with E-state index in [0.29, 0.717) is 10.8 Å². The van der Waals surface area contributed by atoms with E-state index in [1.807, 2.05) is 12.1 Å². The summed E-state index contributed by atoms with van der Waals surface area (Å²) in [7, 11) is 1.71. The van der Waals surface area contributed by atoms with Gasteiger partial charge in [0.25, 0.3) is 5.91 Å². The number of nitrogens with zero attached hydrogens (tertiary/aromatic N) is 2. The predicted octanol–water partition coefficient (Wildman–Crippen LogP) is 2.67. The number of aryl methyl sites for hydroxylation is 2. The lowest BCUT2D eigenvalue weighted by atomic mass is 10.1. The Labute approximate surface area is 141 Å². The molecule has 0 radical (unpaired) electrons. The third kappa shape index (κ3) is 4.79. The number of carbonyl (C=O) groups is 1. The fourth-order valence-corrected chi connectivity index (χ4v) is 2.41. The number of amides is 1. The van der Waals surface area contributed by atoms with Crippen LogP contribution in [0.2, 0.25) is 0 Å². The second kappa shape index (κ2) is 7.73. The van der Waals surface area contributed by atoms with Crippen molar-refractivity contribution in [1.29, 1.82) is 0 Å². The lowest BCUT2D eigenvalue weighted by molar-refractivity contribution is 0.0995. The number of unbranched alkanes of at least 4 members (excludes halogenated alkanes) is 1. The van der Waals surface area contributed by atoms with Crippen molar-refractivity contribution in [2.45, 2.75) is 26.2 Å². The first-order valence-electron chi connectivity index (χ1n) is 7.50. The number of carbonyl (C=O) groups excluding carboxylic acids is 1. The summed E-state index contributed by atoms with van der Waals surface area (Å²) >= 11 is 5.26. The Morgan fingerprint density at radius 1 is 1.30 bits per heavy atom. The number of nitrogens with two attached hydrogens (primary N) is 1. The normalized spacial score (nSPS) is 10.3. The molecule has 0 saturated carbocycles. The van der Waals surface area contributed by atoms with Crippen molar-refractivity contribution >= 4 is 34.6 Å². The van der Waals surface area contributed by atoms with Gasteiger partial charge in [0, 0.05) is 18.9 Å². The SMILES string of the molecule is CCCCc1ccc(NC(=S)Nc2cn(C)nc2C(N)=O)cc1. The Balaban J connectivity index is 1.98. The first-order valence-corrected chi connectivity index (χ1v) is 7.90. The maximum atomic E-state index is 11.3. The van der Waals surface area contributed by atoms with Gasteiger partial charge >= 0.3 is 0 Å². The highest BCUT2D eigenvalue weighted by Crippen LogP contribution is 2.15.